The lowest BCUT2D eigenvalue weighted by atomic mass is 9.88. The highest BCUT2D eigenvalue weighted by Crippen LogP contribution is 2.21. The zero-order chi connectivity index (χ0) is 15.3. The van der Waals surface area contributed by atoms with Gasteiger partial charge in [0, 0.05) is 19.6 Å². The van der Waals surface area contributed by atoms with E-state index in [4.69, 9.17) is 10.8 Å². The second-order valence-corrected chi connectivity index (χ2v) is 5.57. The van der Waals surface area contributed by atoms with Crippen molar-refractivity contribution < 1.29 is 19.5 Å². The number of carbonyl (C=O) groups is 3. The van der Waals surface area contributed by atoms with Gasteiger partial charge in [0.25, 0.3) is 0 Å². The number of hydrogen-bond acceptors (Lipinski definition) is 3. The number of carboxylic acid groups (broad SMARTS) is 1. The Balaban J connectivity index is 2.54. The van der Waals surface area contributed by atoms with E-state index in [2.05, 4.69) is 5.32 Å². The number of nitrogens with one attached hydrogen (secondary N) is 1. The third-order valence-corrected chi connectivity index (χ3v) is 4.04. The lowest BCUT2D eigenvalue weighted by molar-refractivity contribution is -0.147. The Labute approximate surface area is 118 Å². The summed E-state index contributed by atoms with van der Waals surface area (Å²) < 4.78 is 0. The molecule has 0 bridgehead atoms. The van der Waals surface area contributed by atoms with Crippen molar-refractivity contribution in [3.63, 3.8) is 0 Å². The summed E-state index contributed by atoms with van der Waals surface area (Å²) in [4.78, 5) is 35.9. The zero-order valence-corrected chi connectivity index (χ0v) is 12.0. The van der Waals surface area contributed by atoms with E-state index in [-0.39, 0.29) is 18.5 Å². The van der Waals surface area contributed by atoms with E-state index < -0.39 is 17.3 Å². The number of hydrogen-bond donors (Lipinski definition) is 3. The van der Waals surface area contributed by atoms with Crippen molar-refractivity contribution in [1.82, 2.24) is 10.2 Å². The van der Waals surface area contributed by atoms with Gasteiger partial charge in [-0.3, -0.25) is 9.59 Å². The summed E-state index contributed by atoms with van der Waals surface area (Å²) >= 11 is 0. The number of piperidine rings is 1. The number of aliphatic carboxylic acids is 1. The van der Waals surface area contributed by atoms with Crippen molar-refractivity contribution in [2.75, 3.05) is 19.6 Å². The molecule has 20 heavy (non-hydrogen) atoms. The minimum atomic E-state index is -0.978. The number of likely N-dealkylation sites (tertiary alicyclic amines) is 1. The molecule has 1 fully saturated rings. The molecule has 1 aliphatic rings. The molecular weight excluding hydrogens is 262 g/mol. The van der Waals surface area contributed by atoms with Gasteiger partial charge in [0.15, 0.2) is 0 Å². The number of rotatable bonds is 5. The van der Waals surface area contributed by atoms with Crippen LogP contribution in [0.3, 0.4) is 0 Å². The summed E-state index contributed by atoms with van der Waals surface area (Å²) in [5.74, 6) is -1.65. The summed E-state index contributed by atoms with van der Waals surface area (Å²) in [7, 11) is 0. The van der Waals surface area contributed by atoms with Crippen molar-refractivity contribution in [2.24, 2.45) is 17.1 Å². The van der Waals surface area contributed by atoms with E-state index >= 15 is 0 Å². The molecule has 114 valence electrons. The predicted molar refractivity (Wildman–Crippen MR) is 72.9 cm³/mol. The quantitative estimate of drug-likeness (QED) is 0.678. The van der Waals surface area contributed by atoms with Gasteiger partial charge in [-0.1, -0.05) is 6.92 Å². The molecule has 0 aromatic carbocycles. The molecule has 1 aliphatic heterocycles. The van der Waals surface area contributed by atoms with Crippen LogP contribution in [0.4, 0.5) is 4.79 Å². The fourth-order valence-electron chi connectivity index (χ4n) is 2.13. The lowest BCUT2D eigenvalue weighted by Gasteiger charge is -2.32. The van der Waals surface area contributed by atoms with Gasteiger partial charge in [0.2, 0.25) is 5.91 Å². The van der Waals surface area contributed by atoms with Gasteiger partial charge in [-0.15, -0.1) is 0 Å². The molecule has 0 saturated carbocycles. The molecule has 0 radical (unpaired) electrons. The number of nitrogens with two attached hydrogens (primary N) is 1. The van der Waals surface area contributed by atoms with E-state index in [1.165, 1.54) is 4.90 Å². The minimum Gasteiger partial charge on any atom is -0.481 e. The van der Waals surface area contributed by atoms with Gasteiger partial charge in [-0.2, -0.15) is 0 Å². The molecule has 2 unspecified atom stereocenters. The van der Waals surface area contributed by atoms with Crippen molar-refractivity contribution in [2.45, 2.75) is 33.1 Å². The molecule has 7 heteroatoms. The second-order valence-electron chi connectivity index (χ2n) is 5.57. The standard InChI is InChI=1S/C13H23N3O4/c1-3-13(2,11(18)19)8-15-12(20)16-6-4-5-9(7-16)10(14)17/h9H,3-8H2,1-2H3,(H2,14,17)(H,15,20)(H,18,19). The Hall–Kier alpha value is -1.79. The molecule has 3 amide bonds. The summed E-state index contributed by atoms with van der Waals surface area (Å²) in [6.07, 6.45) is 1.85. The maximum absolute atomic E-state index is 12.0. The van der Waals surface area contributed by atoms with Gasteiger partial charge in [0.05, 0.1) is 11.3 Å². The van der Waals surface area contributed by atoms with Crippen LogP contribution < -0.4 is 11.1 Å². The SMILES string of the molecule is CCC(C)(CNC(=O)N1CCCC(C(N)=O)C1)C(=O)O. The minimum absolute atomic E-state index is 0.0649. The Morgan fingerprint density at radius 1 is 1.45 bits per heavy atom. The summed E-state index contributed by atoms with van der Waals surface area (Å²) in [6, 6.07) is -0.336. The number of carbonyl (C=O) groups excluding carboxylic acids is 2. The average Bonchev–Trinajstić information content (AvgIpc) is 2.44. The highest BCUT2D eigenvalue weighted by atomic mass is 16.4. The van der Waals surface area contributed by atoms with Crippen LogP contribution >= 0.6 is 0 Å². The molecule has 4 N–H and O–H groups in total. The average molecular weight is 285 g/mol. The zero-order valence-electron chi connectivity index (χ0n) is 12.0. The highest BCUT2D eigenvalue weighted by Gasteiger charge is 2.33. The van der Waals surface area contributed by atoms with Crippen LogP contribution in [-0.2, 0) is 9.59 Å². The van der Waals surface area contributed by atoms with Crippen LogP contribution in [0.15, 0.2) is 0 Å². The third-order valence-electron chi connectivity index (χ3n) is 4.04. The topological polar surface area (TPSA) is 113 Å². The monoisotopic (exact) mass is 285 g/mol. The van der Waals surface area contributed by atoms with Gasteiger partial charge in [-0.05, 0) is 26.2 Å². The number of urea groups is 1. The van der Waals surface area contributed by atoms with Crippen molar-refractivity contribution in [1.29, 1.82) is 0 Å². The summed E-state index contributed by atoms with van der Waals surface area (Å²) in [5, 5.41) is 11.8. The maximum atomic E-state index is 12.0. The van der Waals surface area contributed by atoms with Gasteiger partial charge >= 0.3 is 12.0 Å². The largest absolute Gasteiger partial charge is 0.481 e. The molecule has 2 atom stereocenters. The molecule has 1 rings (SSSR count). The molecule has 7 nitrogen and oxygen atoms in total. The summed E-state index contributed by atoms with van der Waals surface area (Å²) in [6.45, 7) is 4.29. The van der Waals surface area contributed by atoms with E-state index in [9.17, 15) is 14.4 Å². The first kappa shape index (κ1) is 16.3. The smallest absolute Gasteiger partial charge is 0.317 e. The Morgan fingerprint density at radius 2 is 2.10 bits per heavy atom. The van der Waals surface area contributed by atoms with E-state index in [0.717, 1.165) is 6.42 Å². The van der Waals surface area contributed by atoms with Crippen molar-refractivity contribution in [3.05, 3.63) is 0 Å². The molecule has 1 saturated heterocycles. The molecular formula is C13H23N3O4. The first-order valence-corrected chi connectivity index (χ1v) is 6.85. The molecule has 0 aromatic rings. The van der Waals surface area contributed by atoms with Crippen LogP contribution in [-0.4, -0.2) is 47.5 Å². The Bertz CT molecular complexity index is 399. The third kappa shape index (κ3) is 3.85. The van der Waals surface area contributed by atoms with Crippen LogP contribution in [0.2, 0.25) is 0 Å². The van der Waals surface area contributed by atoms with Gasteiger partial charge < -0.3 is 21.1 Å². The second kappa shape index (κ2) is 6.58. The van der Waals surface area contributed by atoms with Crippen molar-refractivity contribution >= 4 is 17.9 Å². The first-order valence-electron chi connectivity index (χ1n) is 6.85. The molecule has 0 spiro atoms. The maximum Gasteiger partial charge on any atom is 0.317 e. The fourth-order valence-corrected chi connectivity index (χ4v) is 2.13. The molecule has 1 heterocycles. The number of nitrogens with zero attached hydrogens (tertiary/aromatic N) is 1. The first-order chi connectivity index (χ1) is 9.30. The number of primary amides is 1. The Kier molecular flexibility index (Phi) is 5.35. The van der Waals surface area contributed by atoms with Crippen LogP contribution in [0.1, 0.15) is 33.1 Å². The predicted octanol–water partition coefficient (Wildman–Crippen LogP) is 0.394. The molecule has 0 aliphatic carbocycles. The number of amides is 3. The van der Waals surface area contributed by atoms with Crippen LogP contribution in [0, 0.1) is 11.3 Å². The number of carboxylic acids is 1. The Morgan fingerprint density at radius 3 is 2.60 bits per heavy atom. The van der Waals surface area contributed by atoms with E-state index in [1.54, 1.807) is 13.8 Å². The van der Waals surface area contributed by atoms with Gasteiger partial charge in [0.1, 0.15) is 0 Å². The normalized spacial score (nSPS) is 21.9. The summed E-state index contributed by atoms with van der Waals surface area (Å²) in [5.41, 5.74) is 4.28. The van der Waals surface area contributed by atoms with E-state index in [1.807, 2.05) is 0 Å². The van der Waals surface area contributed by atoms with E-state index in [0.29, 0.717) is 25.9 Å². The van der Waals surface area contributed by atoms with Crippen molar-refractivity contribution in [3.8, 4) is 0 Å². The van der Waals surface area contributed by atoms with Gasteiger partial charge in [-0.25, -0.2) is 4.79 Å². The van der Waals surface area contributed by atoms with Crippen LogP contribution in [0.5, 0.6) is 0 Å². The highest BCUT2D eigenvalue weighted by molar-refractivity contribution is 5.80. The molecule has 0 aromatic heterocycles. The van der Waals surface area contributed by atoms with Crippen LogP contribution in [0.25, 0.3) is 0 Å². The lowest BCUT2D eigenvalue weighted by Crippen LogP contribution is -2.50. The fraction of sp³-hybridized carbons (Fsp3) is 0.769.